The van der Waals surface area contributed by atoms with E-state index < -0.39 is 22.8 Å². The normalized spacial score (nSPS) is 11.8. The van der Waals surface area contributed by atoms with Gasteiger partial charge in [0.25, 0.3) is 5.69 Å². The number of amides is 1. The number of benzene rings is 2. The maximum absolute atomic E-state index is 12.7. The van der Waals surface area contributed by atoms with Crippen LogP contribution in [0.3, 0.4) is 0 Å². The lowest BCUT2D eigenvalue weighted by atomic mass is 10.0. The number of esters is 1. The van der Waals surface area contributed by atoms with Crippen molar-refractivity contribution >= 4 is 39.1 Å². The van der Waals surface area contributed by atoms with E-state index in [1.165, 1.54) is 22.8 Å². The summed E-state index contributed by atoms with van der Waals surface area (Å²) in [7, 11) is 0. The number of hydrogen-bond acceptors (Lipinski definition) is 7. The summed E-state index contributed by atoms with van der Waals surface area (Å²) in [4.78, 5) is 47.2. The number of carbonyl (C=O) groups is 2. The molecule has 0 saturated heterocycles. The molecule has 0 radical (unpaired) electrons. The van der Waals surface area contributed by atoms with Gasteiger partial charge in [-0.05, 0) is 24.6 Å². The van der Waals surface area contributed by atoms with Crippen LogP contribution in [0, 0.1) is 10.1 Å². The minimum Gasteiger partial charge on any atom is -0.466 e. The van der Waals surface area contributed by atoms with E-state index in [4.69, 9.17) is 4.74 Å². The third-order valence-corrected chi connectivity index (χ3v) is 5.33. The van der Waals surface area contributed by atoms with Gasteiger partial charge in [0.1, 0.15) is 6.54 Å². The molecule has 156 valence electrons. The Labute approximate surface area is 175 Å². The van der Waals surface area contributed by atoms with Crippen molar-refractivity contribution in [3.8, 4) is 0 Å². The Morgan fingerprint density at radius 1 is 1.23 bits per heavy atom. The Morgan fingerprint density at radius 2 is 2.00 bits per heavy atom. The second kappa shape index (κ2) is 9.31. The third-order valence-electron chi connectivity index (χ3n) is 4.37. The van der Waals surface area contributed by atoms with Gasteiger partial charge in [-0.2, -0.15) is 0 Å². The molecular formula is C20H19N3O6S. The summed E-state index contributed by atoms with van der Waals surface area (Å²) in [5, 5.41) is 13.8. The predicted octanol–water partition coefficient (Wildman–Crippen LogP) is 2.78. The first-order valence-corrected chi connectivity index (χ1v) is 9.98. The molecule has 0 aliphatic rings. The molecular weight excluding hydrogens is 410 g/mol. The largest absolute Gasteiger partial charge is 0.466 e. The number of nitro benzene ring substituents is 1. The van der Waals surface area contributed by atoms with Crippen LogP contribution in [-0.4, -0.2) is 28.0 Å². The van der Waals surface area contributed by atoms with Gasteiger partial charge in [-0.25, -0.2) is 0 Å². The van der Waals surface area contributed by atoms with E-state index in [2.05, 4.69) is 5.32 Å². The number of non-ortho nitro benzene ring substituents is 1. The Bertz CT molecular complexity index is 1150. The first-order valence-electron chi connectivity index (χ1n) is 9.16. The van der Waals surface area contributed by atoms with Crippen molar-refractivity contribution in [2.75, 3.05) is 6.61 Å². The molecule has 3 aromatic rings. The van der Waals surface area contributed by atoms with Gasteiger partial charge in [-0.15, -0.1) is 0 Å². The lowest BCUT2D eigenvalue weighted by Crippen LogP contribution is -2.34. The summed E-state index contributed by atoms with van der Waals surface area (Å²) in [6, 6.07) is 12.0. The summed E-state index contributed by atoms with van der Waals surface area (Å²) in [6.45, 7) is 1.59. The van der Waals surface area contributed by atoms with Gasteiger partial charge in [-0.3, -0.25) is 29.1 Å². The van der Waals surface area contributed by atoms with Gasteiger partial charge in [0.05, 0.1) is 34.2 Å². The lowest BCUT2D eigenvalue weighted by molar-refractivity contribution is -0.384. The van der Waals surface area contributed by atoms with E-state index in [0.29, 0.717) is 11.1 Å². The first kappa shape index (κ1) is 21.2. The van der Waals surface area contributed by atoms with Crippen LogP contribution in [0.25, 0.3) is 10.2 Å². The van der Waals surface area contributed by atoms with Crippen LogP contribution in [0.5, 0.6) is 0 Å². The molecule has 1 amide bonds. The lowest BCUT2D eigenvalue weighted by Gasteiger charge is -2.18. The van der Waals surface area contributed by atoms with Gasteiger partial charge in [0, 0.05) is 12.1 Å². The molecule has 0 fully saturated rings. The molecule has 0 spiro atoms. The average Bonchev–Trinajstić information content (AvgIpc) is 3.03. The molecule has 1 N–H and O–H groups in total. The highest BCUT2D eigenvalue weighted by Gasteiger charge is 2.22. The minimum absolute atomic E-state index is 0.157. The molecule has 1 heterocycles. The molecule has 10 heteroatoms. The van der Waals surface area contributed by atoms with Crippen LogP contribution in [0.15, 0.2) is 53.3 Å². The van der Waals surface area contributed by atoms with Gasteiger partial charge in [0.15, 0.2) is 0 Å². The fourth-order valence-corrected chi connectivity index (χ4v) is 3.93. The molecule has 1 atom stereocenters. The number of hydrogen-bond donors (Lipinski definition) is 1. The van der Waals surface area contributed by atoms with E-state index in [1.807, 2.05) is 0 Å². The Kier molecular flexibility index (Phi) is 6.58. The second-order valence-electron chi connectivity index (χ2n) is 6.40. The van der Waals surface area contributed by atoms with Crippen molar-refractivity contribution in [3.63, 3.8) is 0 Å². The molecule has 3 rings (SSSR count). The first-order chi connectivity index (χ1) is 14.4. The number of rotatable bonds is 8. The molecule has 0 unspecified atom stereocenters. The zero-order chi connectivity index (χ0) is 21.7. The number of aromatic nitrogens is 1. The van der Waals surface area contributed by atoms with E-state index in [-0.39, 0.29) is 30.1 Å². The third kappa shape index (κ3) is 4.90. The van der Waals surface area contributed by atoms with Crippen LogP contribution >= 0.6 is 11.3 Å². The van der Waals surface area contributed by atoms with Crippen molar-refractivity contribution in [2.45, 2.75) is 25.9 Å². The highest BCUT2D eigenvalue weighted by atomic mass is 32.1. The minimum atomic E-state index is -0.836. The molecule has 30 heavy (non-hydrogen) atoms. The van der Waals surface area contributed by atoms with E-state index in [0.717, 1.165) is 16.0 Å². The zero-order valence-electron chi connectivity index (χ0n) is 16.1. The molecule has 1 aromatic heterocycles. The quantitative estimate of drug-likeness (QED) is 0.334. The summed E-state index contributed by atoms with van der Waals surface area (Å²) < 4.78 is 7.07. The van der Waals surface area contributed by atoms with E-state index >= 15 is 0 Å². The van der Waals surface area contributed by atoms with Crippen molar-refractivity contribution in [3.05, 3.63) is 73.9 Å². The molecule has 0 aliphatic carbocycles. The fraction of sp³-hybridized carbons (Fsp3) is 0.250. The number of thiazole rings is 1. The van der Waals surface area contributed by atoms with Gasteiger partial charge in [0.2, 0.25) is 5.91 Å². The number of nitro groups is 1. The van der Waals surface area contributed by atoms with Crippen LogP contribution in [0.1, 0.15) is 24.9 Å². The van der Waals surface area contributed by atoms with Crippen LogP contribution < -0.4 is 10.2 Å². The summed E-state index contributed by atoms with van der Waals surface area (Å²) >= 11 is 1.04. The van der Waals surface area contributed by atoms with Crippen molar-refractivity contribution in [1.82, 2.24) is 9.88 Å². The maximum Gasteiger partial charge on any atom is 0.308 e. The van der Waals surface area contributed by atoms with Crippen LogP contribution in [-0.2, 0) is 20.9 Å². The average molecular weight is 429 g/mol. The van der Waals surface area contributed by atoms with Crippen molar-refractivity contribution in [1.29, 1.82) is 0 Å². The number of para-hydroxylation sites is 1. The molecule has 0 bridgehead atoms. The van der Waals surface area contributed by atoms with Crippen LogP contribution in [0.4, 0.5) is 5.69 Å². The fourth-order valence-electron chi connectivity index (χ4n) is 3.04. The number of nitrogens with zero attached hydrogens (tertiary/aromatic N) is 2. The smallest absolute Gasteiger partial charge is 0.308 e. The highest BCUT2D eigenvalue weighted by Crippen LogP contribution is 2.23. The number of ether oxygens (including phenoxy) is 1. The maximum atomic E-state index is 12.7. The second-order valence-corrected chi connectivity index (χ2v) is 7.40. The molecule has 0 saturated carbocycles. The van der Waals surface area contributed by atoms with Crippen molar-refractivity contribution in [2.24, 2.45) is 0 Å². The summed E-state index contributed by atoms with van der Waals surface area (Å²) in [6.07, 6.45) is -0.194. The summed E-state index contributed by atoms with van der Waals surface area (Å²) in [5.41, 5.74) is 0.878. The van der Waals surface area contributed by atoms with Crippen molar-refractivity contribution < 1.29 is 19.2 Å². The highest BCUT2D eigenvalue weighted by molar-refractivity contribution is 7.16. The Morgan fingerprint density at radius 3 is 2.73 bits per heavy atom. The number of carbonyl (C=O) groups excluding carboxylic acids is 2. The predicted molar refractivity (Wildman–Crippen MR) is 111 cm³/mol. The SMILES string of the molecule is CCOC(=O)C[C@@H](NC(=O)Cn1c(=O)sc2ccccc21)c1cccc([N+](=O)[O-])c1. The van der Waals surface area contributed by atoms with E-state index in [1.54, 1.807) is 37.3 Å². The monoisotopic (exact) mass is 429 g/mol. The van der Waals surface area contributed by atoms with Gasteiger partial charge < -0.3 is 10.1 Å². The Hall–Kier alpha value is -3.53. The molecule has 0 aliphatic heterocycles. The number of nitrogens with one attached hydrogen (secondary N) is 1. The van der Waals surface area contributed by atoms with E-state index in [9.17, 15) is 24.5 Å². The molecule has 9 nitrogen and oxygen atoms in total. The topological polar surface area (TPSA) is 121 Å². The number of fused-ring (bicyclic) bond motifs is 1. The zero-order valence-corrected chi connectivity index (χ0v) is 16.9. The van der Waals surface area contributed by atoms with Crippen LogP contribution in [0.2, 0.25) is 0 Å². The molecule has 2 aromatic carbocycles. The summed E-state index contributed by atoms with van der Waals surface area (Å²) in [5.74, 6) is -1.05. The van der Waals surface area contributed by atoms with Gasteiger partial charge >= 0.3 is 10.8 Å². The van der Waals surface area contributed by atoms with Gasteiger partial charge in [-0.1, -0.05) is 35.6 Å². The Balaban J connectivity index is 1.84. The standard InChI is InChI=1S/C20H19N3O6S/c1-2-29-19(25)11-15(13-6-5-7-14(10-13)23(27)28)21-18(24)12-22-16-8-3-4-9-17(16)30-20(22)26/h3-10,15H,2,11-12H2,1H3,(H,21,24)/t15-/m1/s1.